The molecule has 1 unspecified atom stereocenters. The number of likely N-dealkylation sites (tertiary alicyclic amines) is 1. The number of nitrogens with zero attached hydrogens (tertiary/aromatic N) is 1. The number of rotatable bonds is 8. The number of nitrogens with one attached hydrogen (secondary N) is 1. The Morgan fingerprint density at radius 2 is 2.05 bits per heavy atom. The molecule has 0 radical (unpaired) electrons. The van der Waals surface area contributed by atoms with E-state index >= 15 is 0 Å². The molecule has 0 bridgehead atoms. The van der Waals surface area contributed by atoms with Gasteiger partial charge in [-0.05, 0) is 38.1 Å². The third-order valence-electron chi connectivity index (χ3n) is 3.45. The molecule has 0 amide bonds. The van der Waals surface area contributed by atoms with Gasteiger partial charge in [-0.15, -0.1) is 0 Å². The van der Waals surface area contributed by atoms with Gasteiger partial charge in [0.15, 0.2) is 11.6 Å². The van der Waals surface area contributed by atoms with Crippen LogP contribution in [-0.4, -0.2) is 55.4 Å². The maximum Gasteiger partial charge on any atom is 0.165 e. The number of ether oxygens (including phenoxy) is 1. The highest BCUT2D eigenvalue weighted by atomic mass is 19.1. The van der Waals surface area contributed by atoms with E-state index in [1.807, 2.05) is 0 Å². The Kier molecular flexibility index (Phi) is 6.24. The molecule has 112 valence electrons. The fourth-order valence-corrected chi connectivity index (χ4v) is 2.32. The summed E-state index contributed by atoms with van der Waals surface area (Å²) >= 11 is 0. The second-order valence-electron chi connectivity index (χ2n) is 5.15. The number of hydrogen-bond donors (Lipinski definition) is 2. The van der Waals surface area contributed by atoms with E-state index < -0.39 is 11.9 Å². The number of aliphatic hydroxyl groups excluding tert-OH is 1. The van der Waals surface area contributed by atoms with Crippen molar-refractivity contribution in [3.8, 4) is 5.75 Å². The summed E-state index contributed by atoms with van der Waals surface area (Å²) in [7, 11) is 0. The van der Waals surface area contributed by atoms with E-state index in [4.69, 9.17) is 4.74 Å². The molecule has 1 aliphatic heterocycles. The second-order valence-corrected chi connectivity index (χ2v) is 5.15. The van der Waals surface area contributed by atoms with Crippen LogP contribution in [0.25, 0.3) is 0 Å². The first kappa shape index (κ1) is 15.2. The van der Waals surface area contributed by atoms with Crippen LogP contribution >= 0.6 is 0 Å². The third kappa shape index (κ3) is 5.07. The van der Waals surface area contributed by atoms with Crippen molar-refractivity contribution < 1.29 is 14.2 Å². The monoisotopic (exact) mass is 282 g/mol. The van der Waals surface area contributed by atoms with E-state index in [0.717, 1.165) is 13.1 Å². The number of benzene rings is 1. The predicted molar refractivity (Wildman–Crippen MR) is 76.4 cm³/mol. The molecule has 0 aliphatic carbocycles. The summed E-state index contributed by atoms with van der Waals surface area (Å²) in [6.07, 6.45) is 1.95. The number of aliphatic hydroxyl groups is 1. The predicted octanol–water partition coefficient (Wildman–Crippen LogP) is 1.25. The SMILES string of the molecule is OC(CNCCN1CCCC1)COc1ccccc1F. The Morgan fingerprint density at radius 1 is 1.30 bits per heavy atom. The minimum Gasteiger partial charge on any atom is -0.488 e. The van der Waals surface area contributed by atoms with E-state index in [1.165, 1.54) is 32.0 Å². The first-order chi connectivity index (χ1) is 9.75. The van der Waals surface area contributed by atoms with Crippen molar-refractivity contribution in [2.75, 3.05) is 39.3 Å². The molecule has 2 N–H and O–H groups in total. The van der Waals surface area contributed by atoms with Crippen LogP contribution in [0.15, 0.2) is 24.3 Å². The van der Waals surface area contributed by atoms with Crippen LogP contribution in [0.4, 0.5) is 4.39 Å². The van der Waals surface area contributed by atoms with Crippen molar-refractivity contribution in [1.82, 2.24) is 10.2 Å². The molecule has 1 aromatic carbocycles. The standard InChI is InChI=1S/C15H23FN2O2/c16-14-5-1-2-6-15(14)20-12-13(19)11-17-7-10-18-8-3-4-9-18/h1-2,5-6,13,17,19H,3-4,7-12H2. The molecule has 1 fully saturated rings. The van der Waals surface area contributed by atoms with Crippen molar-refractivity contribution in [1.29, 1.82) is 0 Å². The molecular formula is C15H23FN2O2. The zero-order chi connectivity index (χ0) is 14.2. The summed E-state index contributed by atoms with van der Waals surface area (Å²) in [5.74, 6) is -0.217. The van der Waals surface area contributed by atoms with Gasteiger partial charge in [-0.25, -0.2) is 4.39 Å². The van der Waals surface area contributed by atoms with Crippen LogP contribution < -0.4 is 10.1 Å². The highest BCUT2D eigenvalue weighted by Crippen LogP contribution is 2.15. The first-order valence-corrected chi connectivity index (χ1v) is 7.24. The van der Waals surface area contributed by atoms with Crippen LogP contribution in [0.3, 0.4) is 0 Å². The van der Waals surface area contributed by atoms with Crippen LogP contribution in [-0.2, 0) is 0 Å². The van der Waals surface area contributed by atoms with Crippen LogP contribution in [0, 0.1) is 5.82 Å². The maximum atomic E-state index is 13.3. The van der Waals surface area contributed by atoms with E-state index in [1.54, 1.807) is 18.2 Å². The summed E-state index contributed by atoms with van der Waals surface area (Å²) in [5, 5.41) is 13.0. The Balaban J connectivity index is 1.56. The fraction of sp³-hybridized carbons (Fsp3) is 0.600. The molecule has 0 spiro atoms. The molecule has 0 saturated carbocycles. The van der Waals surface area contributed by atoms with Crippen LogP contribution in [0.1, 0.15) is 12.8 Å². The van der Waals surface area contributed by atoms with Gasteiger partial charge in [-0.3, -0.25) is 0 Å². The summed E-state index contributed by atoms with van der Waals surface area (Å²) in [4.78, 5) is 2.41. The van der Waals surface area contributed by atoms with Gasteiger partial charge in [-0.1, -0.05) is 12.1 Å². The highest BCUT2D eigenvalue weighted by molar-refractivity contribution is 5.23. The normalized spacial score (nSPS) is 17.3. The molecule has 20 heavy (non-hydrogen) atoms. The number of para-hydroxylation sites is 1. The third-order valence-corrected chi connectivity index (χ3v) is 3.45. The first-order valence-electron chi connectivity index (χ1n) is 7.24. The minimum atomic E-state index is -0.631. The number of hydrogen-bond acceptors (Lipinski definition) is 4. The summed E-state index contributed by atoms with van der Waals surface area (Å²) in [5.41, 5.74) is 0. The van der Waals surface area contributed by atoms with Gasteiger partial charge < -0.3 is 20.1 Å². The Labute approximate surface area is 119 Å². The maximum absolute atomic E-state index is 13.3. The minimum absolute atomic E-state index is 0.0949. The zero-order valence-electron chi connectivity index (χ0n) is 11.7. The highest BCUT2D eigenvalue weighted by Gasteiger charge is 2.11. The van der Waals surface area contributed by atoms with Crippen molar-refractivity contribution in [3.05, 3.63) is 30.1 Å². The van der Waals surface area contributed by atoms with Gasteiger partial charge in [0.2, 0.25) is 0 Å². The lowest BCUT2D eigenvalue weighted by atomic mass is 10.3. The average Bonchev–Trinajstić information content (AvgIpc) is 2.96. The van der Waals surface area contributed by atoms with Crippen LogP contribution in [0.2, 0.25) is 0 Å². The summed E-state index contributed by atoms with van der Waals surface area (Å²) < 4.78 is 18.5. The van der Waals surface area contributed by atoms with Gasteiger partial charge >= 0.3 is 0 Å². The fourth-order valence-electron chi connectivity index (χ4n) is 2.32. The summed E-state index contributed by atoms with van der Waals surface area (Å²) in [6.45, 7) is 4.79. The van der Waals surface area contributed by atoms with Crippen molar-refractivity contribution >= 4 is 0 Å². The van der Waals surface area contributed by atoms with E-state index in [2.05, 4.69) is 10.2 Å². The van der Waals surface area contributed by atoms with Gasteiger partial charge in [0.05, 0.1) is 0 Å². The molecule has 1 heterocycles. The number of halogens is 1. The van der Waals surface area contributed by atoms with Gasteiger partial charge in [0.1, 0.15) is 12.7 Å². The van der Waals surface area contributed by atoms with Crippen molar-refractivity contribution in [2.45, 2.75) is 18.9 Å². The van der Waals surface area contributed by atoms with Crippen molar-refractivity contribution in [3.63, 3.8) is 0 Å². The van der Waals surface area contributed by atoms with Gasteiger partial charge in [0, 0.05) is 19.6 Å². The van der Waals surface area contributed by atoms with E-state index in [0.29, 0.717) is 6.54 Å². The van der Waals surface area contributed by atoms with Crippen LogP contribution in [0.5, 0.6) is 5.75 Å². The Morgan fingerprint density at radius 3 is 2.80 bits per heavy atom. The largest absolute Gasteiger partial charge is 0.488 e. The molecule has 2 rings (SSSR count). The molecule has 1 saturated heterocycles. The lowest BCUT2D eigenvalue weighted by molar-refractivity contribution is 0.103. The molecule has 1 aromatic rings. The van der Waals surface area contributed by atoms with E-state index in [-0.39, 0.29) is 12.4 Å². The molecule has 4 nitrogen and oxygen atoms in total. The molecular weight excluding hydrogens is 259 g/mol. The lowest BCUT2D eigenvalue weighted by Crippen LogP contribution is -2.36. The van der Waals surface area contributed by atoms with Gasteiger partial charge in [0.25, 0.3) is 0 Å². The molecule has 0 aromatic heterocycles. The Bertz CT molecular complexity index is 397. The smallest absolute Gasteiger partial charge is 0.165 e. The molecule has 1 atom stereocenters. The van der Waals surface area contributed by atoms with E-state index in [9.17, 15) is 9.50 Å². The summed E-state index contributed by atoms with van der Waals surface area (Å²) in [6, 6.07) is 6.22. The zero-order valence-corrected chi connectivity index (χ0v) is 11.7. The molecule has 1 aliphatic rings. The Hall–Kier alpha value is -1.17. The average molecular weight is 282 g/mol. The van der Waals surface area contributed by atoms with Gasteiger partial charge in [-0.2, -0.15) is 0 Å². The quantitative estimate of drug-likeness (QED) is 0.705. The molecule has 5 heteroatoms. The van der Waals surface area contributed by atoms with Crippen molar-refractivity contribution in [2.24, 2.45) is 0 Å². The lowest BCUT2D eigenvalue weighted by Gasteiger charge is -2.17. The topological polar surface area (TPSA) is 44.7 Å². The second kappa shape index (κ2) is 8.19.